The highest BCUT2D eigenvalue weighted by molar-refractivity contribution is 6.30. The van der Waals surface area contributed by atoms with Gasteiger partial charge in [-0.1, -0.05) is 29.7 Å². The van der Waals surface area contributed by atoms with Crippen LogP contribution < -0.4 is 0 Å². The minimum atomic E-state index is -0.0681. The summed E-state index contributed by atoms with van der Waals surface area (Å²) >= 11 is 5.94. The third kappa shape index (κ3) is 4.10. The molecule has 2 aliphatic heterocycles. The second kappa shape index (κ2) is 8.02. The highest BCUT2D eigenvalue weighted by Gasteiger charge is 2.32. The van der Waals surface area contributed by atoms with Crippen LogP contribution in [0.1, 0.15) is 24.5 Å². The van der Waals surface area contributed by atoms with Gasteiger partial charge in [0.1, 0.15) is 6.10 Å². The number of carbonyl (C=O) groups excluding carboxylic acids is 1. The van der Waals surface area contributed by atoms with Crippen LogP contribution in [0, 0.1) is 18.3 Å². The van der Waals surface area contributed by atoms with Gasteiger partial charge < -0.3 is 9.64 Å². The molecular formula is C19H23ClN2O2. The van der Waals surface area contributed by atoms with Crippen molar-refractivity contribution in [2.24, 2.45) is 5.92 Å². The molecule has 0 aliphatic carbocycles. The molecule has 3 rings (SSSR count). The number of rotatable bonds is 3. The van der Waals surface area contributed by atoms with Crippen molar-refractivity contribution in [2.45, 2.75) is 18.9 Å². The molecule has 1 atom stereocenters. The second-order valence-corrected chi connectivity index (χ2v) is 6.89. The van der Waals surface area contributed by atoms with E-state index >= 15 is 0 Å². The van der Waals surface area contributed by atoms with Crippen LogP contribution in [0.2, 0.25) is 5.02 Å². The third-order valence-corrected chi connectivity index (χ3v) is 5.12. The summed E-state index contributed by atoms with van der Waals surface area (Å²) in [6.07, 6.45) is 7.08. The van der Waals surface area contributed by atoms with Gasteiger partial charge in [-0.25, -0.2) is 0 Å². The minimum Gasteiger partial charge on any atom is -0.370 e. The van der Waals surface area contributed by atoms with E-state index in [2.05, 4.69) is 10.8 Å². The first kappa shape index (κ1) is 17.3. The Bertz CT molecular complexity index is 603. The van der Waals surface area contributed by atoms with Crippen molar-refractivity contribution in [3.05, 3.63) is 34.9 Å². The number of terminal acetylenes is 1. The minimum absolute atomic E-state index is 0.0681. The summed E-state index contributed by atoms with van der Waals surface area (Å²) in [6.45, 7) is 4.36. The van der Waals surface area contributed by atoms with Crippen LogP contribution in [-0.2, 0) is 9.53 Å². The zero-order chi connectivity index (χ0) is 16.9. The van der Waals surface area contributed by atoms with Crippen LogP contribution >= 0.6 is 11.6 Å². The summed E-state index contributed by atoms with van der Waals surface area (Å²) in [7, 11) is 0. The maximum absolute atomic E-state index is 12.8. The number of likely N-dealkylation sites (tertiary alicyclic amines) is 1. The highest BCUT2D eigenvalue weighted by atomic mass is 35.5. The molecule has 0 bridgehead atoms. The Hall–Kier alpha value is -1.54. The zero-order valence-electron chi connectivity index (χ0n) is 13.8. The maximum Gasteiger partial charge on any atom is 0.225 e. The van der Waals surface area contributed by atoms with E-state index in [4.69, 9.17) is 22.8 Å². The van der Waals surface area contributed by atoms with E-state index in [0.29, 0.717) is 31.3 Å². The number of benzene rings is 1. The van der Waals surface area contributed by atoms with Gasteiger partial charge in [-0.05, 0) is 43.6 Å². The number of hydrogen-bond donors (Lipinski definition) is 0. The van der Waals surface area contributed by atoms with Crippen molar-refractivity contribution in [3.63, 3.8) is 0 Å². The SMILES string of the molecule is C#CCN1CCC(C(=O)N2CCO[C@H](c3ccc(Cl)cc3)C2)CC1. The van der Waals surface area contributed by atoms with Gasteiger partial charge in [-0.3, -0.25) is 9.69 Å². The Kier molecular flexibility index (Phi) is 5.78. The van der Waals surface area contributed by atoms with Crippen molar-refractivity contribution < 1.29 is 9.53 Å². The smallest absolute Gasteiger partial charge is 0.225 e. The fourth-order valence-electron chi connectivity index (χ4n) is 3.45. The molecule has 2 heterocycles. The van der Waals surface area contributed by atoms with Gasteiger partial charge in [0.25, 0.3) is 0 Å². The number of halogens is 1. The van der Waals surface area contributed by atoms with Gasteiger partial charge in [-0.15, -0.1) is 6.42 Å². The number of morpholine rings is 1. The number of carbonyl (C=O) groups is 1. The molecule has 1 amide bonds. The quantitative estimate of drug-likeness (QED) is 0.789. The Labute approximate surface area is 148 Å². The van der Waals surface area contributed by atoms with Gasteiger partial charge in [0.15, 0.2) is 0 Å². The fourth-order valence-corrected chi connectivity index (χ4v) is 3.58. The maximum atomic E-state index is 12.8. The van der Waals surface area contributed by atoms with Crippen LogP contribution in [0.15, 0.2) is 24.3 Å². The molecule has 0 spiro atoms. The lowest BCUT2D eigenvalue weighted by molar-refractivity contribution is -0.144. The predicted octanol–water partition coefficient (Wildman–Crippen LogP) is 2.59. The number of piperidine rings is 1. The summed E-state index contributed by atoms with van der Waals surface area (Å²) in [5, 5.41) is 0.709. The molecule has 2 fully saturated rings. The van der Waals surface area contributed by atoms with Crippen molar-refractivity contribution in [1.82, 2.24) is 9.80 Å². The molecule has 128 valence electrons. The molecule has 0 radical (unpaired) electrons. The van der Waals surface area contributed by atoms with E-state index < -0.39 is 0 Å². The molecule has 2 aliphatic rings. The van der Waals surface area contributed by atoms with E-state index in [-0.39, 0.29) is 17.9 Å². The van der Waals surface area contributed by atoms with Crippen LogP contribution in [0.3, 0.4) is 0 Å². The van der Waals surface area contributed by atoms with Gasteiger partial charge in [0.2, 0.25) is 5.91 Å². The van der Waals surface area contributed by atoms with Gasteiger partial charge >= 0.3 is 0 Å². The first-order chi connectivity index (χ1) is 11.7. The van der Waals surface area contributed by atoms with Gasteiger partial charge in [0, 0.05) is 17.5 Å². The number of amides is 1. The van der Waals surface area contributed by atoms with Crippen molar-refractivity contribution >= 4 is 17.5 Å². The molecule has 0 N–H and O–H groups in total. The van der Waals surface area contributed by atoms with E-state index in [9.17, 15) is 4.79 Å². The average Bonchev–Trinajstić information content (AvgIpc) is 2.63. The van der Waals surface area contributed by atoms with Gasteiger partial charge in [0.05, 0.1) is 19.7 Å². The molecule has 24 heavy (non-hydrogen) atoms. The van der Waals surface area contributed by atoms with E-state index in [1.165, 1.54) is 0 Å². The van der Waals surface area contributed by atoms with Gasteiger partial charge in [-0.2, -0.15) is 0 Å². The lowest BCUT2D eigenvalue weighted by Crippen LogP contribution is -2.47. The van der Waals surface area contributed by atoms with E-state index in [1.54, 1.807) is 0 Å². The summed E-state index contributed by atoms with van der Waals surface area (Å²) in [5.74, 6) is 3.05. The third-order valence-electron chi connectivity index (χ3n) is 4.87. The first-order valence-corrected chi connectivity index (χ1v) is 8.87. The normalized spacial score (nSPS) is 23.0. The lowest BCUT2D eigenvalue weighted by atomic mass is 9.94. The molecule has 0 unspecified atom stereocenters. The van der Waals surface area contributed by atoms with Crippen molar-refractivity contribution in [2.75, 3.05) is 39.3 Å². The van der Waals surface area contributed by atoms with Crippen LogP contribution in [0.4, 0.5) is 0 Å². The topological polar surface area (TPSA) is 32.8 Å². The molecule has 1 aromatic rings. The molecular weight excluding hydrogens is 324 g/mol. The van der Waals surface area contributed by atoms with E-state index in [0.717, 1.165) is 31.5 Å². The number of nitrogens with zero attached hydrogens (tertiary/aromatic N) is 2. The molecule has 1 aromatic carbocycles. The lowest BCUT2D eigenvalue weighted by Gasteiger charge is -2.37. The standard InChI is InChI=1S/C19H23ClN2O2/c1-2-9-21-10-7-16(8-11-21)19(23)22-12-13-24-18(14-22)15-3-5-17(20)6-4-15/h1,3-6,16,18H,7-14H2/t18-/m0/s1. The summed E-state index contributed by atoms with van der Waals surface area (Å²) in [6, 6.07) is 7.67. The molecule has 0 aromatic heterocycles. The Balaban J connectivity index is 1.57. The summed E-state index contributed by atoms with van der Waals surface area (Å²) in [5.41, 5.74) is 1.07. The summed E-state index contributed by atoms with van der Waals surface area (Å²) < 4.78 is 5.85. The Morgan fingerprint density at radius 3 is 2.62 bits per heavy atom. The van der Waals surface area contributed by atoms with Crippen molar-refractivity contribution in [3.8, 4) is 12.3 Å². The molecule has 2 saturated heterocycles. The Morgan fingerprint density at radius 2 is 1.96 bits per heavy atom. The zero-order valence-corrected chi connectivity index (χ0v) is 14.5. The largest absolute Gasteiger partial charge is 0.370 e. The van der Waals surface area contributed by atoms with Crippen LogP contribution in [-0.4, -0.2) is 55.0 Å². The molecule has 4 nitrogen and oxygen atoms in total. The summed E-state index contributed by atoms with van der Waals surface area (Å²) in [4.78, 5) is 17.0. The van der Waals surface area contributed by atoms with Crippen LogP contribution in [0.5, 0.6) is 0 Å². The Morgan fingerprint density at radius 1 is 1.25 bits per heavy atom. The monoisotopic (exact) mass is 346 g/mol. The highest BCUT2D eigenvalue weighted by Crippen LogP contribution is 2.26. The second-order valence-electron chi connectivity index (χ2n) is 6.45. The van der Waals surface area contributed by atoms with E-state index in [1.807, 2.05) is 29.2 Å². The predicted molar refractivity (Wildman–Crippen MR) is 94.7 cm³/mol. The number of ether oxygens (including phenoxy) is 1. The molecule has 5 heteroatoms. The molecule has 0 saturated carbocycles. The average molecular weight is 347 g/mol. The number of hydrogen-bond acceptors (Lipinski definition) is 3. The first-order valence-electron chi connectivity index (χ1n) is 8.49. The van der Waals surface area contributed by atoms with Crippen molar-refractivity contribution in [1.29, 1.82) is 0 Å². The van der Waals surface area contributed by atoms with Crippen LogP contribution in [0.25, 0.3) is 0 Å². The fraction of sp³-hybridized carbons (Fsp3) is 0.526.